The lowest BCUT2D eigenvalue weighted by Gasteiger charge is -2.36. The first kappa shape index (κ1) is 33.9. The van der Waals surface area contributed by atoms with Crippen LogP contribution in [0.15, 0.2) is 53.6 Å². The number of hydrogen-bond donors (Lipinski definition) is 1. The number of sulfonamides is 1. The van der Waals surface area contributed by atoms with Gasteiger partial charge in [0.25, 0.3) is 10.0 Å². The van der Waals surface area contributed by atoms with Gasteiger partial charge in [-0.15, -0.1) is 0 Å². The van der Waals surface area contributed by atoms with Crippen molar-refractivity contribution in [1.29, 1.82) is 0 Å². The zero-order valence-corrected chi connectivity index (χ0v) is 25.1. The molecular weight excluding hydrogens is 654 g/mol. The quantitative estimate of drug-likeness (QED) is 0.184. The van der Waals surface area contributed by atoms with Gasteiger partial charge >= 0.3 is 18.3 Å². The van der Waals surface area contributed by atoms with E-state index < -0.39 is 69.3 Å². The molecule has 1 atom stereocenters. The van der Waals surface area contributed by atoms with E-state index in [2.05, 4.69) is 4.98 Å². The van der Waals surface area contributed by atoms with E-state index in [1.807, 2.05) is 0 Å². The molecule has 2 heterocycles. The van der Waals surface area contributed by atoms with E-state index in [-0.39, 0.29) is 46.2 Å². The summed E-state index contributed by atoms with van der Waals surface area (Å²) in [6, 6.07) is 7.72. The molecule has 0 aliphatic carbocycles. The molecule has 3 aromatic rings. The fraction of sp³-hybridized carbons (Fsp3) is 0.310. The zero-order valence-electron chi connectivity index (χ0n) is 23.5. The Balaban J connectivity index is 1.88. The molecule has 0 spiro atoms. The average molecular weight is 679 g/mol. The monoisotopic (exact) mass is 678 g/mol. The molecule has 16 heteroatoms. The number of halogens is 7. The number of pyridine rings is 1. The summed E-state index contributed by atoms with van der Waals surface area (Å²) in [5, 5.41) is 8.97. The summed E-state index contributed by atoms with van der Waals surface area (Å²) in [6.45, 7) is 2.23. The van der Waals surface area contributed by atoms with Crippen LogP contribution in [0.1, 0.15) is 48.9 Å². The Morgan fingerprint density at radius 1 is 1.16 bits per heavy atom. The first-order valence-electron chi connectivity index (χ1n) is 13.2. The Labute approximate surface area is 258 Å². The van der Waals surface area contributed by atoms with Gasteiger partial charge in [-0.3, -0.25) is 9.10 Å². The highest BCUT2D eigenvalue weighted by molar-refractivity contribution is 7.93. The fourth-order valence-electron chi connectivity index (χ4n) is 4.70. The average Bonchev–Trinajstić information content (AvgIpc) is 2.94. The van der Waals surface area contributed by atoms with E-state index in [0.717, 1.165) is 16.4 Å². The van der Waals surface area contributed by atoms with E-state index in [1.54, 1.807) is 0 Å². The lowest BCUT2D eigenvalue weighted by Crippen LogP contribution is -2.44. The SMILES string of the molecule is CCOc1ncc(C(F)(F)F)cc1S(=O)(=O)N1C[C@H](CCC(=O)O)Oc2ccc(/C=C(\C)c3c(Cl)cccc3C(F)(F)F)cc21. The number of nitrogens with zero attached hydrogens (tertiary/aromatic N) is 2. The van der Waals surface area contributed by atoms with Crippen molar-refractivity contribution < 1.29 is 54.1 Å². The molecule has 2 aromatic carbocycles. The molecule has 0 fully saturated rings. The number of benzene rings is 2. The number of rotatable bonds is 9. The van der Waals surface area contributed by atoms with E-state index >= 15 is 0 Å². The second kappa shape index (κ2) is 12.8. The number of aliphatic carboxylic acids is 1. The fourth-order valence-corrected chi connectivity index (χ4v) is 6.63. The number of allylic oxidation sites excluding steroid dienone is 1. The van der Waals surface area contributed by atoms with Crippen molar-refractivity contribution in [2.75, 3.05) is 17.5 Å². The summed E-state index contributed by atoms with van der Waals surface area (Å²) in [4.78, 5) is 13.9. The molecule has 0 saturated heterocycles. The van der Waals surface area contributed by atoms with Crippen LogP contribution in [-0.4, -0.2) is 43.7 Å². The molecule has 0 radical (unpaired) electrons. The predicted molar refractivity (Wildman–Crippen MR) is 153 cm³/mol. The Kier molecular flexibility index (Phi) is 9.64. The summed E-state index contributed by atoms with van der Waals surface area (Å²) in [6.07, 6.45) is -9.48. The summed E-state index contributed by atoms with van der Waals surface area (Å²) < 4.78 is 122. The Morgan fingerprint density at radius 2 is 1.87 bits per heavy atom. The lowest BCUT2D eigenvalue weighted by molar-refractivity contribution is -0.138. The molecule has 0 bridgehead atoms. The van der Waals surface area contributed by atoms with Crippen molar-refractivity contribution >= 4 is 44.9 Å². The Hall–Kier alpha value is -3.98. The molecule has 4 rings (SSSR count). The molecule has 242 valence electrons. The molecule has 1 aromatic heterocycles. The van der Waals surface area contributed by atoms with Crippen LogP contribution in [0.5, 0.6) is 11.6 Å². The summed E-state index contributed by atoms with van der Waals surface area (Å²) >= 11 is 6.13. The molecule has 1 aliphatic heterocycles. The van der Waals surface area contributed by atoms with Gasteiger partial charge in [-0.2, -0.15) is 26.3 Å². The molecule has 0 amide bonds. The number of hydrogen-bond acceptors (Lipinski definition) is 6. The van der Waals surface area contributed by atoms with Gasteiger partial charge in [-0.1, -0.05) is 29.8 Å². The van der Waals surface area contributed by atoms with Crippen LogP contribution in [0, 0.1) is 0 Å². The minimum atomic E-state index is -4.95. The van der Waals surface area contributed by atoms with Crippen molar-refractivity contribution in [3.8, 4) is 11.6 Å². The van der Waals surface area contributed by atoms with Crippen LogP contribution in [0.4, 0.5) is 32.0 Å². The Bertz CT molecular complexity index is 1740. The third-order valence-electron chi connectivity index (χ3n) is 6.69. The van der Waals surface area contributed by atoms with Crippen LogP contribution in [0.25, 0.3) is 11.6 Å². The number of carbonyl (C=O) groups is 1. The standard InChI is InChI=1S/C29H25ClF6N2O6S/c1-3-43-27-24(13-18(14-37-27)28(31,32)33)45(41,42)38-15-19(8-10-25(39)40)44-23-9-7-17(12-22(23)38)11-16(2)26-20(29(34,35)36)5-4-6-21(26)30/h4-7,9,11-14,19H,3,8,10,15H2,1-2H3,(H,39,40)/b16-11+/t19-/m0/s1. The molecule has 45 heavy (non-hydrogen) atoms. The van der Waals surface area contributed by atoms with Gasteiger partial charge in [0.05, 0.1) is 30.0 Å². The van der Waals surface area contributed by atoms with Gasteiger partial charge in [0, 0.05) is 23.2 Å². The lowest BCUT2D eigenvalue weighted by atomic mass is 9.98. The van der Waals surface area contributed by atoms with Gasteiger partial charge in [0.1, 0.15) is 11.9 Å². The highest BCUT2D eigenvalue weighted by Crippen LogP contribution is 2.43. The van der Waals surface area contributed by atoms with Crippen molar-refractivity contribution in [1.82, 2.24) is 4.98 Å². The maximum absolute atomic E-state index is 14.1. The number of alkyl halides is 6. The van der Waals surface area contributed by atoms with E-state index in [0.29, 0.717) is 12.3 Å². The number of anilines is 1. The number of fused-ring (bicyclic) bond motifs is 1. The minimum absolute atomic E-state index is 0.0540. The second-order valence-corrected chi connectivity index (χ2v) is 12.1. The number of carboxylic acid groups (broad SMARTS) is 1. The normalized spacial score (nSPS) is 15.8. The van der Waals surface area contributed by atoms with Gasteiger partial charge < -0.3 is 14.6 Å². The van der Waals surface area contributed by atoms with Crippen LogP contribution in [0.3, 0.4) is 0 Å². The van der Waals surface area contributed by atoms with Crippen molar-refractivity contribution in [3.05, 3.63) is 75.9 Å². The van der Waals surface area contributed by atoms with Crippen molar-refractivity contribution in [2.24, 2.45) is 0 Å². The largest absolute Gasteiger partial charge is 0.486 e. The minimum Gasteiger partial charge on any atom is -0.486 e. The second-order valence-electron chi connectivity index (χ2n) is 9.88. The van der Waals surface area contributed by atoms with Gasteiger partial charge in [-0.05, 0) is 61.7 Å². The smallest absolute Gasteiger partial charge is 0.417 e. The maximum atomic E-state index is 14.1. The summed E-state index contributed by atoms with van der Waals surface area (Å²) in [5.41, 5.74) is -2.50. The van der Waals surface area contributed by atoms with Gasteiger partial charge in [0.15, 0.2) is 4.90 Å². The van der Waals surface area contributed by atoms with Crippen molar-refractivity contribution in [3.63, 3.8) is 0 Å². The topological polar surface area (TPSA) is 106 Å². The Morgan fingerprint density at radius 3 is 2.49 bits per heavy atom. The van der Waals surface area contributed by atoms with Gasteiger partial charge in [-0.25, -0.2) is 13.4 Å². The molecule has 0 saturated carbocycles. The van der Waals surface area contributed by atoms with Gasteiger partial charge in [0.2, 0.25) is 5.88 Å². The molecule has 8 nitrogen and oxygen atoms in total. The number of aromatic nitrogens is 1. The summed E-state index contributed by atoms with van der Waals surface area (Å²) in [5.74, 6) is -1.83. The first-order valence-corrected chi connectivity index (χ1v) is 15.0. The van der Waals surface area contributed by atoms with Crippen LogP contribution >= 0.6 is 11.6 Å². The molecule has 0 unspecified atom stereocenters. The van der Waals surface area contributed by atoms with E-state index in [4.69, 9.17) is 26.2 Å². The predicted octanol–water partition coefficient (Wildman–Crippen LogP) is 7.55. The maximum Gasteiger partial charge on any atom is 0.417 e. The van der Waals surface area contributed by atoms with Crippen LogP contribution in [0.2, 0.25) is 5.02 Å². The van der Waals surface area contributed by atoms with Crippen LogP contribution < -0.4 is 13.8 Å². The summed E-state index contributed by atoms with van der Waals surface area (Å²) in [7, 11) is -4.88. The molecule has 1 aliphatic rings. The first-order chi connectivity index (χ1) is 20.9. The number of carboxylic acids is 1. The van der Waals surface area contributed by atoms with E-state index in [1.165, 1.54) is 44.2 Å². The number of ether oxygens (including phenoxy) is 2. The van der Waals surface area contributed by atoms with E-state index in [9.17, 15) is 39.6 Å². The third-order valence-corrected chi connectivity index (χ3v) is 8.78. The van der Waals surface area contributed by atoms with Crippen molar-refractivity contribution in [2.45, 2.75) is 50.0 Å². The molecular formula is C29H25ClF6N2O6S. The highest BCUT2D eigenvalue weighted by Gasteiger charge is 2.40. The highest BCUT2D eigenvalue weighted by atomic mass is 35.5. The van der Waals surface area contributed by atoms with Crippen LogP contribution in [-0.2, 0) is 27.2 Å². The third kappa shape index (κ3) is 7.47. The zero-order chi connectivity index (χ0) is 33.3. The molecule has 1 N–H and O–H groups in total.